The molecular formula is C11H23NO. The summed E-state index contributed by atoms with van der Waals surface area (Å²) in [5, 5.41) is 12.6. The Morgan fingerprint density at radius 3 is 2.62 bits per heavy atom. The van der Waals surface area contributed by atoms with Gasteiger partial charge in [0.25, 0.3) is 0 Å². The Hall–Kier alpha value is -0.0800. The molecule has 1 aliphatic carbocycles. The fourth-order valence-electron chi connectivity index (χ4n) is 1.70. The number of aliphatic hydroxyl groups is 1. The molecule has 2 atom stereocenters. The van der Waals surface area contributed by atoms with Crippen LogP contribution in [-0.2, 0) is 0 Å². The summed E-state index contributed by atoms with van der Waals surface area (Å²) in [7, 11) is 0. The van der Waals surface area contributed by atoms with Crippen molar-refractivity contribution in [2.45, 2.75) is 45.6 Å². The van der Waals surface area contributed by atoms with Crippen LogP contribution in [0, 0.1) is 11.8 Å². The van der Waals surface area contributed by atoms with Gasteiger partial charge < -0.3 is 10.4 Å². The zero-order chi connectivity index (χ0) is 9.68. The van der Waals surface area contributed by atoms with E-state index in [0.29, 0.717) is 18.6 Å². The predicted octanol–water partition coefficient (Wildman–Crippen LogP) is 1.78. The highest BCUT2D eigenvalue weighted by molar-refractivity contribution is 4.81. The van der Waals surface area contributed by atoms with Crippen molar-refractivity contribution >= 4 is 0 Å². The van der Waals surface area contributed by atoms with Gasteiger partial charge in [0.15, 0.2) is 0 Å². The van der Waals surface area contributed by atoms with E-state index in [1.165, 1.54) is 19.3 Å². The third kappa shape index (κ3) is 4.10. The van der Waals surface area contributed by atoms with Crippen LogP contribution in [0.3, 0.4) is 0 Å². The van der Waals surface area contributed by atoms with Crippen molar-refractivity contribution in [3.8, 4) is 0 Å². The summed E-state index contributed by atoms with van der Waals surface area (Å²) in [4.78, 5) is 0. The molecule has 0 bridgehead atoms. The molecule has 1 aliphatic rings. The van der Waals surface area contributed by atoms with Gasteiger partial charge in [-0.25, -0.2) is 0 Å². The lowest BCUT2D eigenvalue weighted by Gasteiger charge is -2.16. The molecule has 1 saturated carbocycles. The Kier molecular flexibility index (Phi) is 4.74. The van der Waals surface area contributed by atoms with E-state index in [0.717, 1.165) is 18.9 Å². The van der Waals surface area contributed by atoms with E-state index >= 15 is 0 Å². The molecule has 13 heavy (non-hydrogen) atoms. The van der Waals surface area contributed by atoms with Crippen molar-refractivity contribution in [1.82, 2.24) is 5.32 Å². The Bertz CT molecular complexity index is 134. The summed E-state index contributed by atoms with van der Waals surface area (Å²) in [6.07, 6.45) is 5.02. The largest absolute Gasteiger partial charge is 0.396 e. The monoisotopic (exact) mass is 185 g/mol. The number of nitrogens with one attached hydrogen (secondary N) is 1. The summed E-state index contributed by atoms with van der Waals surface area (Å²) < 4.78 is 0. The highest BCUT2D eigenvalue weighted by Gasteiger charge is 2.29. The van der Waals surface area contributed by atoms with Gasteiger partial charge in [-0.1, -0.05) is 6.92 Å². The maximum absolute atomic E-state index is 9.13. The van der Waals surface area contributed by atoms with E-state index in [1.54, 1.807) is 0 Å². The molecule has 2 unspecified atom stereocenters. The standard InChI is InChI=1S/C11H23NO/c1-3-9(2)12-7-6-11(8-13)10-4-5-10/h9-13H,3-8H2,1-2H3. The van der Waals surface area contributed by atoms with Crippen LogP contribution in [0.1, 0.15) is 39.5 Å². The van der Waals surface area contributed by atoms with Crippen LogP contribution in [0.25, 0.3) is 0 Å². The van der Waals surface area contributed by atoms with Gasteiger partial charge >= 0.3 is 0 Å². The third-order valence-corrected chi connectivity index (χ3v) is 3.14. The predicted molar refractivity (Wildman–Crippen MR) is 55.7 cm³/mol. The first-order valence-corrected chi connectivity index (χ1v) is 5.62. The molecule has 0 spiro atoms. The lowest BCUT2D eigenvalue weighted by molar-refractivity contribution is 0.200. The molecule has 2 N–H and O–H groups in total. The topological polar surface area (TPSA) is 32.3 Å². The van der Waals surface area contributed by atoms with E-state index in [2.05, 4.69) is 19.2 Å². The average Bonchev–Trinajstić information content (AvgIpc) is 2.95. The van der Waals surface area contributed by atoms with Crippen molar-refractivity contribution in [2.24, 2.45) is 11.8 Å². The molecule has 2 nitrogen and oxygen atoms in total. The maximum Gasteiger partial charge on any atom is 0.0462 e. The van der Waals surface area contributed by atoms with Crippen molar-refractivity contribution in [3.63, 3.8) is 0 Å². The van der Waals surface area contributed by atoms with Gasteiger partial charge in [-0.3, -0.25) is 0 Å². The summed E-state index contributed by atoms with van der Waals surface area (Å²) in [6, 6.07) is 0.624. The molecule has 0 radical (unpaired) electrons. The molecule has 0 saturated heterocycles. The van der Waals surface area contributed by atoms with Gasteiger partial charge in [-0.05, 0) is 51.0 Å². The Labute approximate surface area is 81.7 Å². The van der Waals surface area contributed by atoms with Crippen molar-refractivity contribution < 1.29 is 5.11 Å². The zero-order valence-corrected chi connectivity index (χ0v) is 8.92. The summed E-state index contributed by atoms with van der Waals surface area (Å²) in [6.45, 7) is 5.86. The molecule has 0 aromatic heterocycles. The van der Waals surface area contributed by atoms with Crippen LogP contribution >= 0.6 is 0 Å². The lowest BCUT2D eigenvalue weighted by atomic mass is 10.0. The van der Waals surface area contributed by atoms with E-state index in [1.807, 2.05) is 0 Å². The fraction of sp³-hybridized carbons (Fsp3) is 1.00. The van der Waals surface area contributed by atoms with Crippen molar-refractivity contribution in [2.75, 3.05) is 13.2 Å². The van der Waals surface area contributed by atoms with E-state index in [4.69, 9.17) is 5.11 Å². The van der Waals surface area contributed by atoms with E-state index < -0.39 is 0 Å². The van der Waals surface area contributed by atoms with E-state index in [-0.39, 0.29) is 0 Å². The molecule has 0 heterocycles. The third-order valence-electron chi connectivity index (χ3n) is 3.14. The van der Waals surface area contributed by atoms with Crippen LogP contribution in [-0.4, -0.2) is 24.3 Å². The van der Waals surface area contributed by atoms with Crippen LogP contribution in [0.2, 0.25) is 0 Å². The second-order valence-corrected chi connectivity index (χ2v) is 4.33. The van der Waals surface area contributed by atoms with Gasteiger partial charge in [-0.15, -0.1) is 0 Å². The van der Waals surface area contributed by atoms with Crippen LogP contribution in [0.15, 0.2) is 0 Å². The summed E-state index contributed by atoms with van der Waals surface area (Å²) in [5.74, 6) is 1.40. The molecule has 78 valence electrons. The van der Waals surface area contributed by atoms with Crippen LogP contribution < -0.4 is 5.32 Å². The van der Waals surface area contributed by atoms with Gasteiger partial charge in [0.05, 0.1) is 0 Å². The molecule has 0 aliphatic heterocycles. The number of rotatable bonds is 7. The van der Waals surface area contributed by atoms with Crippen molar-refractivity contribution in [1.29, 1.82) is 0 Å². The SMILES string of the molecule is CCC(C)NCCC(CO)C1CC1. The average molecular weight is 185 g/mol. The smallest absolute Gasteiger partial charge is 0.0462 e. The Morgan fingerprint density at radius 1 is 1.46 bits per heavy atom. The summed E-state index contributed by atoms with van der Waals surface area (Å²) in [5.41, 5.74) is 0. The molecule has 0 aromatic carbocycles. The zero-order valence-electron chi connectivity index (χ0n) is 8.92. The molecule has 0 aromatic rings. The molecule has 1 rings (SSSR count). The molecule has 0 amide bonds. The normalized spacial score (nSPS) is 21.5. The Balaban J connectivity index is 2.02. The minimum absolute atomic E-state index is 0.382. The second-order valence-electron chi connectivity index (χ2n) is 4.33. The maximum atomic E-state index is 9.13. The number of hydrogen-bond acceptors (Lipinski definition) is 2. The summed E-state index contributed by atoms with van der Waals surface area (Å²) >= 11 is 0. The molecule has 1 fully saturated rings. The van der Waals surface area contributed by atoms with Gasteiger partial charge in [-0.2, -0.15) is 0 Å². The van der Waals surface area contributed by atoms with Gasteiger partial charge in [0.1, 0.15) is 0 Å². The first kappa shape index (κ1) is 11.0. The molecular weight excluding hydrogens is 162 g/mol. The highest BCUT2D eigenvalue weighted by Crippen LogP contribution is 2.37. The second kappa shape index (κ2) is 5.61. The highest BCUT2D eigenvalue weighted by atomic mass is 16.3. The van der Waals surface area contributed by atoms with Crippen molar-refractivity contribution in [3.05, 3.63) is 0 Å². The number of hydrogen-bond donors (Lipinski definition) is 2. The van der Waals surface area contributed by atoms with E-state index in [9.17, 15) is 0 Å². The minimum Gasteiger partial charge on any atom is -0.396 e. The van der Waals surface area contributed by atoms with Crippen LogP contribution in [0.5, 0.6) is 0 Å². The quantitative estimate of drug-likeness (QED) is 0.633. The van der Waals surface area contributed by atoms with Crippen LogP contribution in [0.4, 0.5) is 0 Å². The van der Waals surface area contributed by atoms with Gasteiger partial charge in [0, 0.05) is 12.6 Å². The first-order valence-electron chi connectivity index (χ1n) is 5.62. The molecule has 2 heteroatoms. The lowest BCUT2D eigenvalue weighted by Crippen LogP contribution is -2.28. The van der Waals surface area contributed by atoms with Gasteiger partial charge in [0.2, 0.25) is 0 Å². The number of aliphatic hydroxyl groups excluding tert-OH is 1. The fourth-order valence-corrected chi connectivity index (χ4v) is 1.70. The Morgan fingerprint density at radius 2 is 2.15 bits per heavy atom. The first-order chi connectivity index (χ1) is 6.27. The minimum atomic E-state index is 0.382.